The molecule has 0 bridgehead atoms. The highest BCUT2D eigenvalue weighted by atomic mass is 16.5. The molecule has 5 nitrogen and oxygen atoms in total. The van der Waals surface area contributed by atoms with Crippen molar-refractivity contribution in [2.24, 2.45) is 11.5 Å². The molecule has 0 radical (unpaired) electrons. The molecule has 0 spiro atoms. The van der Waals surface area contributed by atoms with Gasteiger partial charge >= 0.3 is 5.97 Å². The lowest BCUT2D eigenvalue weighted by Crippen LogP contribution is -2.52. The average Bonchev–Trinajstić information content (AvgIpc) is 2.79. The van der Waals surface area contributed by atoms with Crippen LogP contribution in [0.1, 0.15) is 62.1 Å². The lowest BCUT2D eigenvalue weighted by atomic mass is 9.90. The molecule has 2 aromatic carbocycles. The molecule has 0 aliphatic heterocycles. The Morgan fingerprint density at radius 1 is 0.969 bits per heavy atom. The van der Waals surface area contributed by atoms with Gasteiger partial charge in [0.25, 0.3) is 0 Å². The minimum atomic E-state index is -1.11. The summed E-state index contributed by atoms with van der Waals surface area (Å²) in [5.41, 5.74) is 15.4. The van der Waals surface area contributed by atoms with Gasteiger partial charge in [-0.1, -0.05) is 42.5 Å². The quantitative estimate of drug-likeness (QED) is 0.416. The summed E-state index contributed by atoms with van der Waals surface area (Å²) in [6.45, 7) is 2.65. The molecule has 3 rings (SSSR count). The summed E-state index contributed by atoms with van der Waals surface area (Å²) >= 11 is 0. The molecule has 2 aromatic rings. The van der Waals surface area contributed by atoms with Crippen LogP contribution in [0.4, 0.5) is 0 Å². The van der Waals surface area contributed by atoms with Crippen LogP contribution in [0.5, 0.6) is 5.75 Å². The van der Waals surface area contributed by atoms with Crippen molar-refractivity contribution in [1.82, 2.24) is 0 Å². The van der Waals surface area contributed by atoms with Crippen molar-refractivity contribution in [2.75, 3.05) is 19.8 Å². The lowest BCUT2D eigenvalue weighted by Gasteiger charge is -2.20. The third-order valence-electron chi connectivity index (χ3n) is 5.93. The van der Waals surface area contributed by atoms with Gasteiger partial charge in [0.2, 0.25) is 0 Å². The summed E-state index contributed by atoms with van der Waals surface area (Å²) in [7, 11) is 0. The van der Waals surface area contributed by atoms with E-state index in [1.165, 1.54) is 35.1 Å². The van der Waals surface area contributed by atoms with Gasteiger partial charge in [-0.3, -0.25) is 4.79 Å². The lowest BCUT2D eigenvalue weighted by molar-refractivity contribution is -0.149. The zero-order chi connectivity index (χ0) is 22.8. The van der Waals surface area contributed by atoms with Crippen LogP contribution in [0.3, 0.4) is 0 Å². The molecule has 0 fully saturated rings. The molecule has 4 N–H and O–H groups in total. The zero-order valence-corrected chi connectivity index (χ0v) is 19.1. The molecule has 0 aromatic heterocycles. The number of ether oxygens (including phenoxy) is 2. The van der Waals surface area contributed by atoms with Crippen molar-refractivity contribution < 1.29 is 14.3 Å². The van der Waals surface area contributed by atoms with Crippen LogP contribution in [0.25, 0.3) is 11.6 Å². The first-order valence-corrected chi connectivity index (χ1v) is 11.7. The molecule has 0 amide bonds. The Bertz CT molecular complexity index is 906. The predicted molar refractivity (Wildman–Crippen MR) is 130 cm³/mol. The number of rotatable bonds is 10. The zero-order valence-electron chi connectivity index (χ0n) is 19.1. The second kappa shape index (κ2) is 11.8. The smallest absolute Gasteiger partial charge is 0.327 e. The molecule has 0 saturated heterocycles. The van der Waals surface area contributed by atoms with Gasteiger partial charge in [-0.25, -0.2) is 0 Å². The summed E-state index contributed by atoms with van der Waals surface area (Å²) in [6.07, 6.45) is 9.46. The van der Waals surface area contributed by atoms with Crippen LogP contribution in [-0.2, 0) is 16.0 Å². The highest BCUT2D eigenvalue weighted by Gasteiger charge is 2.28. The normalized spacial score (nSPS) is 17.2. The maximum absolute atomic E-state index is 11.8. The van der Waals surface area contributed by atoms with E-state index in [0.29, 0.717) is 13.2 Å². The molecule has 1 atom stereocenters. The Morgan fingerprint density at radius 2 is 1.72 bits per heavy atom. The van der Waals surface area contributed by atoms with Crippen LogP contribution in [0.2, 0.25) is 0 Å². The second-order valence-electron chi connectivity index (χ2n) is 8.74. The van der Waals surface area contributed by atoms with Gasteiger partial charge in [0, 0.05) is 12.1 Å². The number of allylic oxidation sites excluding steroid dienone is 1. The van der Waals surface area contributed by atoms with Gasteiger partial charge in [0.15, 0.2) is 0 Å². The summed E-state index contributed by atoms with van der Waals surface area (Å²) < 4.78 is 11.4. The maximum atomic E-state index is 11.8. The molecule has 172 valence electrons. The number of aryl methyl sites for hydroxylation is 1. The fraction of sp³-hybridized carbons (Fsp3) is 0.444. The largest absolute Gasteiger partial charge is 0.493 e. The van der Waals surface area contributed by atoms with Gasteiger partial charge in [-0.15, -0.1) is 0 Å². The Hall–Kier alpha value is -2.63. The number of hydrogen-bond acceptors (Lipinski definition) is 5. The van der Waals surface area contributed by atoms with E-state index in [4.69, 9.17) is 20.9 Å². The molecule has 32 heavy (non-hydrogen) atoms. The van der Waals surface area contributed by atoms with Crippen LogP contribution >= 0.6 is 0 Å². The van der Waals surface area contributed by atoms with E-state index in [1.807, 2.05) is 0 Å². The van der Waals surface area contributed by atoms with E-state index in [0.717, 1.165) is 37.9 Å². The third-order valence-corrected chi connectivity index (χ3v) is 5.93. The van der Waals surface area contributed by atoms with E-state index in [9.17, 15) is 4.79 Å². The first-order valence-electron chi connectivity index (χ1n) is 11.7. The number of hydrogen-bond donors (Lipinski definition) is 2. The third kappa shape index (κ3) is 6.68. The van der Waals surface area contributed by atoms with E-state index < -0.39 is 11.5 Å². The first kappa shape index (κ1) is 24.0. The van der Waals surface area contributed by atoms with E-state index in [1.54, 1.807) is 6.92 Å². The Kier molecular flexibility index (Phi) is 8.89. The minimum Gasteiger partial charge on any atom is -0.493 e. The molecular weight excluding hydrogens is 400 g/mol. The number of carbonyl (C=O) groups is 1. The number of fused-ring (bicyclic) bond motifs is 1. The predicted octanol–water partition coefficient (Wildman–Crippen LogP) is 4.72. The van der Waals surface area contributed by atoms with Crippen LogP contribution in [0.15, 0.2) is 48.5 Å². The number of carbonyl (C=O) groups excluding carboxylic acids is 1. The summed E-state index contributed by atoms with van der Waals surface area (Å²) in [6, 6.07) is 17.0. The van der Waals surface area contributed by atoms with Crippen molar-refractivity contribution in [3.05, 3.63) is 65.2 Å². The number of unbranched alkanes of at least 4 members (excludes halogenated alkanes) is 2. The molecule has 1 unspecified atom stereocenters. The first-order chi connectivity index (χ1) is 15.5. The Labute approximate surface area is 191 Å². The summed E-state index contributed by atoms with van der Waals surface area (Å²) in [4.78, 5) is 11.8. The van der Waals surface area contributed by atoms with E-state index >= 15 is 0 Å². The van der Waals surface area contributed by atoms with Crippen molar-refractivity contribution in [3.8, 4) is 5.75 Å². The highest BCUT2D eigenvalue weighted by molar-refractivity contribution is 5.84. The van der Waals surface area contributed by atoms with Crippen LogP contribution < -0.4 is 16.2 Å². The maximum Gasteiger partial charge on any atom is 0.327 e. The Balaban J connectivity index is 1.55. The van der Waals surface area contributed by atoms with Crippen LogP contribution in [0, 0.1) is 0 Å². The molecule has 0 saturated carbocycles. The monoisotopic (exact) mass is 436 g/mol. The number of benzene rings is 2. The summed E-state index contributed by atoms with van der Waals surface area (Å²) in [5, 5.41) is 0. The molecule has 5 heteroatoms. The van der Waals surface area contributed by atoms with E-state index in [-0.39, 0.29) is 6.54 Å². The molecule has 1 aliphatic carbocycles. The SMILES string of the molecule is CC(N)(CN)C(=O)OCCCCCOc1cccc2c1/C=C(/c1ccccc1)CCCC2. The van der Waals surface area contributed by atoms with Crippen molar-refractivity contribution in [3.63, 3.8) is 0 Å². The molecular formula is C27H36N2O3. The molecule has 1 aliphatic rings. The van der Waals surface area contributed by atoms with Gasteiger partial charge < -0.3 is 20.9 Å². The fourth-order valence-electron chi connectivity index (χ4n) is 3.83. The standard InChI is InChI=1S/C27H36N2O3/c1-27(29,20-28)26(30)32-18-9-3-8-17-31-25-16-10-15-22-13-6-7-14-23(19-24(22)25)21-11-4-2-5-12-21/h2,4-5,10-12,15-16,19H,3,6-9,13-14,17-18,20,28-29H2,1H3/b23-19+. The number of esters is 1. The van der Waals surface area contributed by atoms with Crippen molar-refractivity contribution in [1.29, 1.82) is 0 Å². The van der Waals surface area contributed by atoms with Crippen LogP contribution in [-0.4, -0.2) is 31.3 Å². The van der Waals surface area contributed by atoms with Gasteiger partial charge in [0.05, 0.1) is 13.2 Å². The van der Waals surface area contributed by atoms with Crippen molar-refractivity contribution in [2.45, 2.75) is 57.4 Å². The topological polar surface area (TPSA) is 87.6 Å². The minimum absolute atomic E-state index is 0.0709. The Morgan fingerprint density at radius 3 is 2.50 bits per heavy atom. The average molecular weight is 437 g/mol. The summed E-state index contributed by atoms with van der Waals surface area (Å²) in [5.74, 6) is 0.506. The molecule has 0 heterocycles. The van der Waals surface area contributed by atoms with Gasteiger partial charge in [-0.05, 0) is 80.7 Å². The number of nitrogens with two attached hydrogens (primary N) is 2. The van der Waals surface area contributed by atoms with Crippen molar-refractivity contribution >= 4 is 17.6 Å². The van der Waals surface area contributed by atoms with Gasteiger partial charge in [0.1, 0.15) is 11.3 Å². The second-order valence-corrected chi connectivity index (χ2v) is 8.74. The van der Waals surface area contributed by atoms with E-state index in [2.05, 4.69) is 54.6 Å². The highest BCUT2D eigenvalue weighted by Crippen LogP contribution is 2.33. The fourth-order valence-corrected chi connectivity index (χ4v) is 3.83. The van der Waals surface area contributed by atoms with Gasteiger partial charge in [-0.2, -0.15) is 0 Å².